The Bertz CT molecular complexity index is 748. The minimum absolute atomic E-state index is 0.00795. The number of carbonyl (C=O) groups excluding carboxylic acids is 2. The first-order valence-corrected chi connectivity index (χ1v) is 10.6. The van der Waals surface area contributed by atoms with Gasteiger partial charge in [0.1, 0.15) is 0 Å². The molecule has 0 radical (unpaired) electrons. The number of nitrogens with one attached hydrogen (secondary N) is 2. The average Bonchev–Trinajstić information content (AvgIpc) is 3.40. The van der Waals surface area contributed by atoms with E-state index in [2.05, 4.69) is 20.5 Å². The number of nitrogens with zero attached hydrogens (tertiary/aromatic N) is 2. The molecule has 160 valence electrons. The van der Waals surface area contributed by atoms with Crippen LogP contribution >= 0.6 is 0 Å². The number of hydrogen-bond donors (Lipinski definition) is 2. The fourth-order valence-corrected chi connectivity index (χ4v) is 4.30. The topological polar surface area (TPSA) is 83.6 Å². The highest BCUT2D eigenvalue weighted by Crippen LogP contribution is 2.35. The van der Waals surface area contributed by atoms with Crippen molar-refractivity contribution in [2.24, 2.45) is 5.92 Å². The van der Waals surface area contributed by atoms with Crippen LogP contribution in [0.25, 0.3) is 0 Å². The first-order chi connectivity index (χ1) is 13.9. The molecule has 1 aliphatic heterocycles. The third-order valence-corrected chi connectivity index (χ3v) is 6.04. The van der Waals surface area contributed by atoms with Crippen LogP contribution in [-0.4, -0.2) is 54.0 Å². The van der Waals surface area contributed by atoms with E-state index in [4.69, 9.17) is 4.74 Å². The molecular formula is C22H34N4O3. The van der Waals surface area contributed by atoms with Crippen molar-refractivity contribution < 1.29 is 14.3 Å². The summed E-state index contributed by atoms with van der Waals surface area (Å²) in [5.41, 5.74) is 2.90. The molecule has 0 aromatic carbocycles. The Morgan fingerprint density at radius 1 is 1.17 bits per heavy atom. The van der Waals surface area contributed by atoms with E-state index in [0.29, 0.717) is 31.4 Å². The van der Waals surface area contributed by atoms with Crippen molar-refractivity contribution in [1.82, 2.24) is 20.5 Å². The number of methoxy groups -OCH3 is 1. The molecule has 2 fully saturated rings. The van der Waals surface area contributed by atoms with Crippen LogP contribution in [0.3, 0.4) is 0 Å². The number of likely N-dealkylation sites (tertiary alicyclic amines) is 1. The summed E-state index contributed by atoms with van der Waals surface area (Å²) < 4.78 is 5.40. The molecule has 2 N–H and O–H groups in total. The Morgan fingerprint density at radius 3 is 2.55 bits per heavy atom. The Hall–Kier alpha value is -2.15. The summed E-state index contributed by atoms with van der Waals surface area (Å²) in [4.78, 5) is 30.9. The van der Waals surface area contributed by atoms with Gasteiger partial charge in [0.2, 0.25) is 17.7 Å². The van der Waals surface area contributed by atoms with Crippen molar-refractivity contribution in [2.45, 2.75) is 71.5 Å². The highest BCUT2D eigenvalue weighted by molar-refractivity contribution is 5.76. The van der Waals surface area contributed by atoms with Crippen molar-refractivity contribution in [1.29, 1.82) is 0 Å². The van der Waals surface area contributed by atoms with E-state index in [1.807, 2.05) is 19.9 Å². The zero-order valence-corrected chi connectivity index (χ0v) is 18.1. The molecule has 1 aromatic rings. The number of hydrogen-bond acceptors (Lipinski definition) is 5. The van der Waals surface area contributed by atoms with Crippen LogP contribution in [0.15, 0.2) is 6.07 Å². The van der Waals surface area contributed by atoms with E-state index in [9.17, 15) is 9.59 Å². The maximum atomic E-state index is 12.7. The lowest BCUT2D eigenvalue weighted by Crippen LogP contribution is -2.45. The van der Waals surface area contributed by atoms with E-state index < -0.39 is 0 Å². The van der Waals surface area contributed by atoms with E-state index in [0.717, 1.165) is 42.1 Å². The first kappa shape index (κ1) is 21.6. The average molecular weight is 403 g/mol. The summed E-state index contributed by atoms with van der Waals surface area (Å²) in [5, 5.41) is 6.01. The van der Waals surface area contributed by atoms with Gasteiger partial charge in [-0.15, -0.1) is 0 Å². The molecule has 1 aliphatic carbocycles. The molecular weight excluding hydrogens is 368 g/mol. The fraction of sp³-hybridized carbons (Fsp3) is 0.682. The van der Waals surface area contributed by atoms with E-state index >= 15 is 0 Å². The molecule has 0 bridgehead atoms. The summed E-state index contributed by atoms with van der Waals surface area (Å²) >= 11 is 0. The van der Waals surface area contributed by atoms with Crippen LogP contribution in [0.1, 0.15) is 55.8 Å². The quantitative estimate of drug-likeness (QED) is 0.661. The number of carbonyl (C=O) groups is 2. The van der Waals surface area contributed by atoms with Gasteiger partial charge in [-0.2, -0.15) is 0 Å². The minimum atomic E-state index is 0.00795. The van der Waals surface area contributed by atoms with Crippen LogP contribution in [0.4, 0.5) is 0 Å². The van der Waals surface area contributed by atoms with Gasteiger partial charge in [0.25, 0.3) is 0 Å². The van der Waals surface area contributed by atoms with Crippen molar-refractivity contribution in [2.75, 3.05) is 20.2 Å². The number of ether oxygens (including phenoxy) is 1. The second-order valence-electron chi connectivity index (χ2n) is 8.51. The molecule has 1 aromatic heterocycles. The van der Waals surface area contributed by atoms with Crippen LogP contribution < -0.4 is 15.4 Å². The minimum Gasteiger partial charge on any atom is -0.481 e. The summed E-state index contributed by atoms with van der Waals surface area (Å²) in [6, 6.07) is 2.58. The Morgan fingerprint density at radius 2 is 1.90 bits per heavy atom. The second-order valence-corrected chi connectivity index (χ2v) is 8.51. The molecule has 0 spiro atoms. The molecule has 7 nitrogen and oxygen atoms in total. The third-order valence-electron chi connectivity index (χ3n) is 6.04. The van der Waals surface area contributed by atoms with Gasteiger partial charge in [0.15, 0.2) is 0 Å². The predicted molar refractivity (Wildman–Crippen MR) is 112 cm³/mol. The van der Waals surface area contributed by atoms with Crippen molar-refractivity contribution in [3.63, 3.8) is 0 Å². The van der Waals surface area contributed by atoms with Gasteiger partial charge in [-0.05, 0) is 57.1 Å². The van der Waals surface area contributed by atoms with Crippen LogP contribution in [0.2, 0.25) is 0 Å². The molecule has 1 saturated carbocycles. The number of aryl methyl sites for hydroxylation is 2. The lowest BCUT2D eigenvalue weighted by Gasteiger charge is -2.30. The summed E-state index contributed by atoms with van der Waals surface area (Å²) in [6.07, 6.45) is 5.08. The Balaban J connectivity index is 1.57. The summed E-state index contributed by atoms with van der Waals surface area (Å²) in [7, 11) is 1.61. The smallest absolute Gasteiger partial charge is 0.221 e. The van der Waals surface area contributed by atoms with Gasteiger partial charge in [0, 0.05) is 56.3 Å². The van der Waals surface area contributed by atoms with Gasteiger partial charge in [-0.25, -0.2) is 4.98 Å². The highest BCUT2D eigenvalue weighted by atomic mass is 16.5. The molecule has 29 heavy (non-hydrogen) atoms. The largest absolute Gasteiger partial charge is 0.481 e. The monoisotopic (exact) mass is 402 g/mol. The summed E-state index contributed by atoms with van der Waals surface area (Å²) in [6.45, 7) is 7.64. The summed E-state index contributed by atoms with van der Waals surface area (Å²) in [5.74, 6) is 1.39. The number of rotatable bonds is 9. The van der Waals surface area contributed by atoms with Gasteiger partial charge in [-0.3, -0.25) is 14.5 Å². The Labute approximate surface area is 173 Å². The van der Waals surface area contributed by atoms with Gasteiger partial charge in [-0.1, -0.05) is 0 Å². The van der Waals surface area contributed by atoms with E-state index in [1.165, 1.54) is 12.8 Å². The van der Waals surface area contributed by atoms with E-state index in [-0.39, 0.29) is 17.9 Å². The number of amides is 2. The van der Waals surface area contributed by atoms with E-state index in [1.54, 1.807) is 14.0 Å². The second kappa shape index (κ2) is 9.57. The zero-order valence-electron chi connectivity index (χ0n) is 18.1. The van der Waals surface area contributed by atoms with Crippen molar-refractivity contribution in [3.05, 3.63) is 22.9 Å². The molecule has 2 aliphatic rings. The lowest BCUT2D eigenvalue weighted by molar-refractivity contribution is -0.122. The molecule has 3 rings (SSSR count). The normalized spacial score (nSPS) is 21.8. The molecule has 2 amide bonds. The molecule has 2 heterocycles. The number of aromatic nitrogens is 1. The standard InChI is InChI=1S/C22H34N4O3/c1-14-9-15(2)25-22(29-4)20(14)12-24-21(28)10-18-7-8-19(11-23-16(3)27)26(18)13-17-5-6-17/h9,17-19H,5-8,10-13H2,1-4H3,(H,23,27)(H,24,28)/t18-,19+/m0/s1. The SMILES string of the molecule is COc1nc(C)cc(C)c1CNC(=O)C[C@@H]1CC[C@H](CNC(C)=O)N1CC1CC1. The maximum Gasteiger partial charge on any atom is 0.221 e. The molecule has 0 unspecified atom stereocenters. The Kier molecular flexibility index (Phi) is 7.11. The van der Waals surface area contributed by atoms with Gasteiger partial charge >= 0.3 is 0 Å². The first-order valence-electron chi connectivity index (χ1n) is 10.6. The predicted octanol–water partition coefficient (Wildman–Crippen LogP) is 2.09. The molecule has 7 heteroatoms. The van der Waals surface area contributed by atoms with Crippen molar-refractivity contribution >= 4 is 11.8 Å². The molecule has 1 saturated heterocycles. The molecule has 2 atom stereocenters. The fourth-order valence-electron chi connectivity index (χ4n) is 4.30. The lowest BCUT2D eigenvalue weighted by atomic mass is 10.1. The maximum absolute atomic E-state index is 12.7. The van der Waals surface area contributed by atoms with Gasteiger partial charge in [0.05, 0.1) is 7.11 Å². The van der Waals surface area contributed by atoms with Crippen molar-refractivity contribution in [3.8, 4) is 5.88 Å². The van der Waals surface area contributed by atoms with Crippen LogP contribution in [-0.2, 0) is 16.1 Å². The van der Waals surface area contributed by atoms with Crippen LogP contribution in [0, 0.1) is 19.8 Å². The highest BCUT2D eigenvalue weighted by Gasteiger charge is 2.37. The number of pyridine rings is 1. The third kappa shape index (κ3) is 5.92. The van der Waals surface area contributed by atoms with Gasteiger partial charge < -0.3 is 15.4 Å². The van der Waals surface area contributed by atoms with Crippen LogP contribution in [0.5, 0.6) is 5.88 Å². The zero-order chi connectivity index (χ0) is 21.0.